The average Bonchev–Trinajstić information content (AvgIpc) is 2.53. The van der Waals surface area contributed by atoms with Crippen molar-refractivity contribution in [2.45, 2.75) is 35.6 Å². The van der Waals surface area contributed by atoms with Crippen molar-refractivity contribution in [3.63, 3.8) is 0 Å². The van der Waals surface area contributed by atoms with Gasteiger partial charge in [-0.3, -0.25) is 0 Å². The van der Waals surface area contributed by atoms with Crippen LogP contribution in [0.3, 0.4) is 0 Å². The Balaban J connectivity index is 2.48. The van der Waals surface area contributed by atoms with E-state index in [1.807, 2.05) is 6.92 Å². The second-order valence-corrected chi connectivity index (χ2v) is 10.1. The quantitative estimate of drug-likeness (QED) is 0.816. The second kappa shape index (κ2) is 6.99. The van der Waals surface area contributed by atoms with Gasteiger partial charge in [-0.25, -0.2) is 16.8 Å². The minimum absolute atomic E-state index is 0.0531. The molecule has 1 fully saturated rings. The van der Waals surface area contributed by atoms with Crippen LogP contribution in [0.4, 0.5) is 0 Å². The first-order valence-corrected chi connectivity index (χ1v) is 11.0. The topological polar surface area (TPSA) is 107 Å². The first-order valence-electron chi connectivity index (χ1n) is 7.71. The highest BCUT2D eigenvalue weighted by atomic mass is 32.2. The molecule has 0 aromatic heterocycles. The van der Waals surface area contributed by atoms with E-state index in [-0.39, 0.29) is 27.5 Å². The Morgan fingerprint density at radius 2 is 1.96 bits per heavy atom. The van der Waals surface area contributed by atoms with E-state index in [0.717, 1.165) is 19.1 Å². The summed E-state index contributed by atoms with van der Waals surface area (Å²) in [7, 11) is -6.03. The number of sulfone groups is 1. The van der Waals surface area contributed by atoms with Crippen molar-refractivity contribution in [2.75, 3.05) is 26.5 Å². The molecule has 1 aliphatic heterocycles. The zero-order valence-electron chi connectivity index (χ0n) is 14.1. The Hall–Kier alpha value is -1.16. The van der Waals surface area contributed by atoms with Gasteiger partial charge in [0.05, 0.1) is 12.0 Å². The van der Waals surface area contributed by atoms with Gasteiger partial charge in [0.1, 0.15) is 10.6 Å². The molecule has 1 aromatic carbocycles. The van der Waals surface area contributed by atoms with Crippen LogP contribution in [0.1, 0.15) is 19.8 Å². The maximum absolute atomic E-state index is 13.0. The average molecular weight is 377 g/mol. The Labute approximate surface area is 143 Å². The molecule has 0 bridgehead atoms. The molecule has 9 heteroatoms. The third-order valence-corrected chi connectivity index (χ3v) is 7.34. The number of sulfonamides is 1. The van der Waals surface area contributed by atoms with Gasteiger partial charge in [-0.2, -0.15) is 4.31 Å². The van der Waals surface area contributed by atoms with Crippen LogP contribution in [0.25, 0.3) is 0 Å². The van der Waals surface area contributed by atoms with Crippen molar-refractivity contribution in [3.05, 3.63) is 18.2 Å². The number of nitrogens with two attached hydrogens (primary N) is 1. The molecule has 1 aliphatic rings. The highest BCUT2D eigenvalue weighted by Gasteiger charge is 2.34. The number of benzene rings is 1. The number of hydrogen-bond acceptors (Lipinski definition) is 6. The number of methoxy groups -OCH3 is 1. The molecule has 0 aliphatic carbocycles. The predicted octanol–water partition coefficient (Wildman–Crippen LogP) is 0.847. The summed E-state index contributed by atoms with van der Waals surface area (Å²) >= 11 is 0. The van der Waals surface area contributed by atoms with E-state index in [9.17, 15) is 16.8 Å². The lowest BCUT2D eigenvalue weighted by Crippen LogP contribution is -2.45. The molecule has 7 nitrogen and oxygen atoms in total. The summed E-state index contributed by atoms with van der Waals surface area (Å²) in [4.78, 5) is -0.180. The van der Waals surface area contributed by atoms with Crippen LogP contribution in [0.2, 0.25) is 0 Å². The molecule has 2 atom stereocenters. The van der Waals surface area contributed by atoms with E-state index < -0.39 is 19.9 Å². The summed E-state index contributed by atoms with van der Waals surface area (Å²) in [6.45, 7) is 2.58. The number of rotatable bonds is 5. The molecule has 1 heterocycles. The van der Waals surface area contributed by atoms with Crippen LogP contribution in [0.5, 0.6) is 5.75 Å². The molecular formula is C15H24N2O5S2. The van der Waals surface area contributed by atoms with Gasteiger partial charge in [0.15, 0.2) is 9.84 Å². The fourth-order valence-corrected chi connectivity index (χ4v) is 5.29. The summed E-state index contributed by atoms with van der Waals surface area (Å²) < 4.78 is 56.1. The summed E-state index contributed by atoms with van der Waals surface area (Å²) in [6.07, 6.45) is 2.64. The van der Waals surface area contributed by atoms with E-state index in [4.69, 9.17) is 10.5 Å². The number of piperidine rings is 1. The van der Waals surface area contributed by atoms with E-state index in [1.54, 1.807) is 0 Å². The van der Waals surface area contributed by atoms with Gasteiger partial charge in [0.25, 0.3) is 0 Å². The zero-order chi connectivity index (χ0) is 18.1. The molecular weight excluding hydrogens is 352 g/mol. The van der Waals surface area contributed by atoms with Gasteiger partial charge in [0.2, 0.25) is 10.0 Å². The Morgan fingerprint density at radius 3 is 2.50 bits per heavy atom. The molecule has 2 N–H and O–H groups in total. The van der Waals surface area contributed by atoms with Gasteiger partial charge in [-0.15, -0.1) is 0 Å². The van der Waals surface area contributed by atoms with Crippen LogP contribution < -0.4 is 10.5 Å². The van der Waals surface area contributed by atoms with Gasteiger partial charge in [-0.1, -0.05) is 0 Å². The van der Waals surface area contributed by atoms with Crippen molar-refractivity contribution in [2.24, 2.45) is 11.7 Å². The van der Waals surface area contributed by atoms with Crippen molar-refractivity contribution >= 4 is 19.9 Å². The Kier molecular flexibility index (Phi) is 5.58. The van der Waals surface area contributed by atoms with Gasteiger partial charge in [0, 0.05) is 25.4 Å². The SMILES string of the molecule is COc1ccc(S(C)(=O)=O)cc1S(=O)(=O)N1CCCC(C(C)N)C1. The smallest absolute Gasteiger partial charge is 0.246 e. The molecule has 136 valence electrons. The van der Waals surface area contributed by atoms with Gasteiger partial charge >= 0.3 is 0 Å². The molecule has 0 saturated carbocycles. The van der Waals surface area contributed by atoms with Crippen molar-refractivity contribution < 1.29 is 21.6 Å². The molecule has 2 unspecified atom stereocenters. The van der Waals surface area contributed by atoms with Crippen LogP contribution >= 0.6 is 0 Å². The molecule has 2 rings (SSSR count). The molecule has 1 saturated heterocycles. The fraction of sp³-hybridized carbons (Fsp3) is 0.600. The third kappa shape index (κ3) is 3.90. The fourth-order valence-electron chi connectivity index (χ4n) is 2.85. The van der Waals surface area contributed by atoms with E-state index >= 15 is 0 Å². The molecule has 0 amide bonds. The normalized spacial score (nSPS) is 21.4. The lowest BCUT2D eigenvalue weighted by molar-refractivity contribution is 0.242. The summed E-state index contributed by atoms with van der Waals surface area (Å²) in [5.74, 6) is 0.211. The number of nitrogens with zero attached hydrogens (tertiary/aromatic N) is 1. The maximum Gasteiger partial charge on any atom is 0.246 e. The van der Waals surface area contributed by atoms with E-state index in [0.29, 0.717) is 13.1 Å². The standard InChI is InChI=1S/C15H24N2O5S2/c1-11(16)12-5-4-8-17(10-12)24(20,21)15-9-13(23(3,18)19)6-7-14(15)22-2/h6-7,9,11-12H,4-5,8,10,16H2,1-3H3. The lowest BCUT2D eigenvalue weighted by Gasteiger charge is -2.34. The van der Waals surface area contributed by atoms with Gasteiger partial charge in [-0.05, 0) is 43.9 Å². The largest absolute Gasteiger partial charge is 0.495 e. The third-order valence-electron chi connectivity index (χ3n) is 4.35. The minimum atomic E-state index is -3.87. The van der Waals surface area contributed by atoms with E-state index in [1.165, 1.54) is 29.6 Å². The van der Waals surface area contributed by atoms with Crippen molar-refractivity contribution in [1.29, 1.82) is 0 Å². The van der Waals surface area contributed by atoms with Crippen LogP contribution in [-0.2, 0) is 19.9 Å². The Morgan fingerprint density at radius 1 is 1.29 bits per heavy atom. The lowest BCUT2D eigenvalue weighted by atomic mass is 9.93. The monoisotopic (exact) mass is 376 g/mol. The predicted molar refractivity (Wildman–Crippen MR) is 91.2 cm³/mol. The maximum atomic E-state index is 13.0. The first-order chi connectivity index (χ1) is 11.1. The summed E-state index contributed by atoms with van der Waals surface area (Å²) in [6, 6.07) is 3.77. The van der Waals surface area contributed by atoms with Crippen LogP contribution in [0.15, 0.2) is 28.0 Å². The van der Waals surface area contributed by atoms with E-state index in [2.05, 4.69) is 0 Å². The molecule has 0 radical (unpaired) electrons. The molecule has 0 spiro atoms. The number of hydrogen-bond donors (Lipinski definition) is 1. The molecule has 1 aromatic rings. The molecule has 24 heavy (non-hydrogen) atoms. The minimum Gasteiger partial charge on any atom is -0.495 e. The highest BCUT2D eigenvalue weighted by molar-refractivity contribution is 7.91. The van der Waals surface area contributed by atoms with Crippen LogP contribution in [0, 0.1) is 5.92 Å². The summed E-state index contributed by atoms with van der Waals surface area (Å²) in [5.41, 5.74) is 5.92. The summed E-state index contributed by atoms with van der Waals surface area (Å²) in [5, 5.41) is 0. The number of ether oxygens (including phenoxy) is 1. The zero-order valence-corrected chi connectivity index (χ0v) is 15.7. The highest BCUT2D eigenvalue weighted by Crippen LogP contribution is 2.32. The van der Waals surface area contributed by atoms with Crippen molar-refractivity contribution in [1.82, 2.24) is 4.31 Å². The first kappa shape index (κ1) is 19.2. The van der Waals surface area contributed by atoms with Crippen LogP contribution in [-0.4, -0.2) is 53.6 Å². The van der Waals surface area contributed by atoms with Crippen molar-refractivity contribution in [3.8, 4) is 5.75 Å². The van der Waals surface area contributed by atoms with Gasteiger partial charge < -0.3 is 10.5 Å². The second-order valence-electron chi connectivity index (χ2n) is 6.21. The Bertz CT molecular complexity index is 803.